The lowest BCUT2D eigenvalue weighted by Gasteiger charge is -2.41. The number of nitrogens with zero attached hydrogens (tertiary/aromatic N) is 1. The third-order valence-electron chi connectivity index (χ3n) is 3.53. The Kier molecular flexibility index (Phi) is 4.14. The normalized spacial score (nSPS) is 33.3. The molecule has 0 saturated carbocycles. The Bertz CT molecular complexity index is 228. The fourth-order valence-corrected chi connectivity index (χ4v) is 2.62. The third-order valence-corrected chi connectivity index (χ3v) is 3.53. The van der Waals surface area contributed by atoms with E-state index in [2.05, 4.69) is 32.7 Å². The minimum atomic E-state index is -0.625. The van der Waals surface area contributed by atoms with E-state index in [0.717, 1.165) is 19.4 Å². The minimum absolute atomic E-state index is 0.189. The van der Waals surface area contributed by atoms with Gasteiger partial charge in [-0.05, 0) is 38.3 Å². The van der Waals surface area contributed by atoms with Crippen molar-refractivity contribution in [3.8, 4) is 0 Å². The third kappa shape index (κ3) is 2.94. The van der Waals surface area contributed by atoms with E-state index < -0.39 is 5.97 Å². The van der Waals surface area contributed by atoms with Gasteiger partial charge in [0, 0.05) is 6.04 Å². The molecule has 0 aromatic heterocycles. The Morgan fingerprint density at radius 1 is 1.53 bits per heavy atom. The van der Waals surface area contributed by atoms with Gasteiger partial charge in [-0.15, -0.1) is 0 Å². The smallest absolute Gasteiger partial charge is 0.308 e. The lowest BCUT2D eigenvalue weighted by molar-refractivity contribution is -0.148. The molecule has 1 rings (SSSR count). The van der Waals surface area contributed by atoms with Crippen molar-refractivity contribution in [3.05, 3.63) is 0 Å². The van der Waals surface area contributed by atoms with Crippen LogP contribution in [0.1, 0.15) is 33.6 Å². The Hall–Kier alpha value is -0.570. The lowest BCUT2D eigenvalue weighted by atomic mass is 9.78. The van der Waals surface area contributed by atoms with Crippen LogP contribution in [0.2, 0.25) is 0 Å². The van der Waals surface area contributed by atoms with Crippen LogP contribution < -0.4 is 0 Å². The van der Waals surface area contributed by atoms with Crippen molar-refractivity contribution in [3.63, 3.8) is 0 Å². The molecule has 0 aliphatic carbocycles. The molecule has 0 spiro atoms. The summed E-state index contributed by atoms with van der Waals surface area (Å²) < 4.78 is 0. The van der Waals surface area contributed by atoms with Crippen molar-refractivity contribution in [2.24, 2.45) is 17.8 Å². The molecule has 1 aliphatic heterocycles. The quantitative estimate of drug-likeness (QED) is 0.780. The number of hydrogen-bond donors (Lipinski definition) is 1. The highest BCUT2D eigenvalue weighted by Gasteiger charge is 2.38. The van der Waals surface area contributed by atoms with Crippen LogP contribution in [-0.4, -0.2) is 35.6 Å². The second kappa shape index (κ2) is 4.97. The standard InChI is InChI=1S/C12H23NO2/c1-8(2)7-10-11(12(14)15)9(3)5-6-13(10)4/h8-11H,5-7H2,1-4H3,(H,14,15). The highest BCUT2D eigenvalue weighted by molar-refractivity contribution is 5.71. The maximum absolute atomic E-state index is 11.3. The van der Waals surface area contributed by atoms with E-state index in [1.54, 1.807) is 0 Å². The van der Waals surface area contributed by atoms with E-state index >= 15 is 0 Å². The van der Waals surface area contributed by atoms with E-state index in [0.29, 0.717) is 11.8 Å². The predicted octanol–water partition coefficient (Wildman–Crippen LogP) is 2.07. The van der Waals surface area contributed by atoms with Crippen molar-refractivity contribution < 1.29 is 9.90 Å². The molecule has 3 nitrogen and oxygen atoms in total. The van der Waals surface area contributed by atoms with Crippen molar-refractivity contribution in [1.29, 1.82) is 0 Å². The van der Waals surface area contributed by atoms with E-state index in [1.807, 2.05) is 0 Å². The SMILES string of the molecule is CC(C)CC1C(C(=O)O)C(C)CCN1C. The van der Waals surface area contributed by atoms with Gasteiger partial charge in [-0.2, -0.15) is 0 Å². The molecule has 1 saturated heterocycles. The first-order valence-corrected chi connectivity index (χ1v) is 5.86. The molecule has 15 heavy (non-hydrogen) atoms. The number of hydrogen-bond acceptors (Lipinski definition) is 2. The van der Waals surface area contributed by atoms with Crippen molar-refractivity contribution in [2.75, 3.05) is 13.6 Å². The van der Waals surface area contributed by atoms with Crippen LogP contribution in [0.4, 0.5) is 0 Å². The van der Waals surface area contributed by atoms with Gasteiger partial charge in [0.25, 0.3) is 0 Å². The van der Waals surface area contributed by atoms with Gasteiger partial charge in [0.15, 0.2) is 0 Å². The van der Waals surface area contributed by atoms with Gasteiger partial charge in [0.1, 0.15) is 0 Å². The molecule has 0 aromatic rings. The van der Waals surface area contributed by atoms with Crippen LogP contribution in [0.5, 0.6) is 0 Å². The van der Waals surface area contributed by atoms with Gasteiger partial charge in [-0.1, -0.05) is 20.8 Å². The molecule has 88 valence electrons. The van der Waals surface area contributed by atoms with E-state index in [1.165, 1.54) is 0 Å². The molecular formula is C12H23NO2. The highest BCUT2D eigenvalue weighted by Crippen LogP contribution is 2.31. The Morgan fingerprint density at radius 3 is 2.60 bits per heavy atom. The zero-order valence-corrected chi connectivity index (χ0v) is 10.2. The molecule has 3 atom stereocenters. The maximum Gasteiger partial charge on any atom is 0.308 e. The zero-order chi connectivity index (χ0) is 11.6. The van der Waals surface area contributed by atoms with Gasteiger partial charge >= 0.3 is 5.97 Å². The van der Waals surface area contributed by atoms with Crippen LogP contribution in [-0.2, 0) is 4.79 Å². The van der Waals surface area contributed by atoms with Gasteiger partial charge in [-0.25, -0.2) is 0 Å². The van der Waals surface area contributed by atoms with Crippen molar-refractivity contribution in [1.82, 2.24) is 4.90 Å². The Labute approximate surface area is 92.5 Å². The lowest BCUT2D eigenvalue weighted by Crippen LogP contribution is -2.50. The number of piperidine rings is 1. The molecule has 0 amide bonds. The van der Waals surface area contributed by atoms with Crippen molar-refractivity contribution >= 4 is 5.97 Å². The summed E-state index contributed by atoms with van der Waals surface area (Å²) in [5.41, 5.74) is 0. The number of aliphatic carboxylic acids is 1. The van der Waals surface area contributed by atoms with E-state index in [4.69, 9.17) is 0 Å². The van der Waals surface area contributed by atoms with Crippen LogP contribution in [0.25, 0.3) is 0 Å². The maximum atomic E-state index is 11.3. The second-order valence-corrected chi connectivity index (χ2v) is 5.31. The number of rotatable bonds is 3. The Morgan fingerprint density at radius 2 is 2.13 bits per heavy atom. The molecular weight excluding hydrogens is 190 g/mol. The summed E-state index contributed by atoms with van der Waals surface area (Å²) >= 11 is 0. The zero-order valence-electron chi connectivity index (χ0n) is 10.2. The highest BCUT2D eigenvalue weighted by atomic mass is 16.4. The molecule has 1 fully saturated rings. The van der Waals surface area contributed by atoms with E-state index in [-0.39, 0.29) is 12.0 Å². The van der Waals surface area contributed by atoms with Gasteiger partial charge < -0.3 is 10.0 Å². The number of carboxylic acids is 1. The van der Waals surface area contributed by atoms with Crippen LogP contribution in [0, 0.1) is 17.8 Å². The topological polar surface area (TPSA) is 40.5 Å². The van der Waals surface area contributed by atoms with Crippen LogP contribution >= 0.6 is 0 Å². The summed E-state index contributed by atoms with van der Waals surface area (Å²) in [5.74, 6) is 0.0536. The fourth-order valence-electron chi connectivity index (χ4n) is 2.62. The van der Waals surface area contributed by atoms with Gasteiger partial charge in [-0.3, -0.25) is 4.79 Å². The summed E-state index contributed by atoms with van der Waals surface area (Å²) in [6, 6.07) is 0.214. The first-order chi connectivity index (χ1) is 6.93. The van der Waals surface area contributed by atoms with Gasteiger partial charge in [0.2, 0.25) is 0 Å². The average Bonchev–Trinajstić information content (AvgIpc) is 2.10. The molecule has 3 unspecified atom stereocenters. The van der Waals surface area contributed by atoms with Crippen LogP contribution in [0.3, 0.4) is 0 Å². The second-order valence-electron chi connectivity index (χ2n) is 5.31. The van der Waals surface area contributed by atoms with Gasteiger partial charge in [0.05, 0.1) is 5.92 Å². The predicted molar refractivity (Wildman–Crippen MR) is 60.8 cm³/mol. The largest absolute Gasteiger partial charge is 0.481 e. The first-order valence-electron chi connectivity index (χ1n) is 5.86. The number of carbonyl (C=O) groups is 1. The summed E-state index contributed by atoms with van der Waals surface area (Å²) in [5, 5.41) is 9.28. The van der Waals surface area contributed by atoms with E-state index in [9.17, 15) is 9.90 Å². The average molecular weight is 213 g/mol. The Balaban J connectivity index is 2.78. The van der Waals surface area contributed by atoms with Crippen LogP contribution in [0.15, 0.2) is 0 Å². The molecule has 3 heteroatoms. The molecule has 0 bridgehead atoms. The molecule has 1 N–H and O–H groups in total. The molecule has 0 radical (unpaired) electrons. The summed E-state index contributed by atoms with van der Waals surface area (Å²) in [6.07, 6.45) is 1.99. The summed E-state index contributed by atoms with van der Waals surface area (Å²) in [6.45, 7) is 7.42. The fraction of sp³-hybridized carbons (Fsp3) is 0.917. The number of likely N-dealkylation sites (tertiary alicyclic amines) is 1. The molecule has 1 heterocycles. The first kappa shape index (κ1) is 12.5. The summed E-state index contributed by atoms with van der Waals surface area (Å²) in [4.78, 5) is 13.5. The monoisotopic (exact) mass is 213 g/mol. The molecule has 1 aliphatic rings. The molecule has 0 aromatic carbocycles. The number of carboxylic acid groups (broad SMARTS) is 1. The van der Waals surface area contributed by atoms with Crippen molar-refractivity contribution in [2.45, 2.75) is 39.7 Å². The minimum Gasteiger partial charge on any atom is -0.481 e. The summed E-state index contributed by atoms with van der Waals surface area (Å²) in [7, 11) is 2.05.